The zero-order valence-electron chi connectivity index (χ0n) is 18.6. The summed E-state index contributed by atoms with van der Waals surface area (Å²) < 4.78 is 1.89. The van der Waals surface area contributed by atoms with Crippen molar-refractivity contribution in [1.82, 2.24) is 24.9 Å². The van der Waals surface area contributed by atoms with Crippen LogP contribution in [-0.2, 0) is 11.3 Å². The van der Waals surface area contributed by atoms with Crippen molar-refractivity contribution >= 4 is 11.9 Å². The highest BCUT2D eigenvalue weighted by Gasteiger charge is 2.42. The number of hydrogen-bond acceptors (Lipinski definition) is 3. The van der Waals surface area contributed by atoms with Gasteiger partial charge in [-0.2, -0.15) is 5.10 Å². The van der Waals surface area contributed by atoms with Gasteiger partial charge in [0, 0.05) is 46.0 Å². The summed E-state index contributed by atoms with van der Waals surface area (Å²) in [6, 6.07) is 10.1. The molecule has 0 aliphatic heterocycles. The summed E-state index contributed by atoms with van der Waals surface area (Å²) in [6.07, 6.45) is 7.96. The Morgan fingerprint density at radius 2 is 1.90 bits per heavy atom. The fraction of sp³-hybridized carbons (Fsp3) is 0.522. The number of aromatic nitrogens is 2. The van der Waals surface area contributed by atoms with Crippen molar-refractivity contribution in [3.63, 3.8) is 0 Å². The van der Waals surface area contributed by atoms with Gasteiger partial charge in [0.15, 0.2) is 5.96 Å². The van der Waals surface area contributed by atoms with Crippen LogP contribution in [0.25, 0.3) is 5.69 Å². The number of amides is 1. The molecule has 7 heteroatoms. The lowest BCUT2D eigenvalue weighted by Gasteiger charge is -2.30. The number of aliphatic imine (C=N–C) groups is 1. The van der Waals surface area contributed by atoms with E-state index in [0.29, 0.717) is 13.1 Å². The minimum Gasteiger partial charge on any atom is -0.357 e. The number of nitrogens with zero attached hydrogens (tertiary/aromatic N) is 5. The van der Waals surface area contributed by atoms with Crippen molar-refractivity contribution in [2.45, 2.75) is 39.2 Å². The van der Waals surface area contributed by atoms with E-state index in [9.17, 15) is 4.79 Å². The van der Waals surface area contributed by atoms with E-state index >= 15 is 0 Å². The maximum absolute atomic E-state index is 12.8. The molecule has 1 aliphatic carbocycles. The molecule has 1 aliphatic rings. The minimum absolute atomic E-state index is 0.200. The number of hydrogen-bond donors (Lipinski definition) is 1. The van der Waals surface area contributed by atoms with Crippen LogP contribution in [0.4, 0.5) is 0 Å². The number of rotatable bonds is 7. The van der Waals surface area contributed by atoms with Gasteiger partial charge in [-0.15, -0.1) is 0 Å². The van der Waals surface area contributed by atoms with Gasteiger partial charge in [0.2, 0.25) is 5.91 Å². The molecule has 3 rings (SSSR count). The highest BCUT2D eigenvalue weighted by molar-refractivity contribution is 5.84. The van der Waals surface area contributed by atoms with Crippen LogP contribution in [0.5, 0.6) is 0 Å². The summed E-state index contributed by atoms with van der Waals surface area (Å²) >= 11 is 0. The van der Waals surface area contributed by atoms with Gasteiger partial charge < -0.3 is 15.1 Å². The predicted molar refractivity (Wildman–Crippen MR) is 121 cm³/mol. The Balaban J connectivity index is 1.72. The molecule has 1 amide bonds. The summed E-state index contributed by atoms with van der Waals surface area (Å²) in [4.78, 5) is 21.5. The third-order valence-corrected chi connectivity index (χ3v) is 5.73. The van der Waals surface area contributed by atoms with Crippen LogP contribution in [0.1, 0.15) is 38.2 Å². The van der Waals surface area contributed by atoms with E-state index in [1.54, 1.807) is 4.90 Å². The fourth-order valence-corrected chi connectivity index (χ4v) is 4.17. The SMILES string of the molecule is CCNC(=NCC1(C(=O)N(C)C)CCCC1)N(C)Cc1cnn(-c2ccccc2)c1. The lowest BCUT2D eigenvalue weighted by molar-refractivity contribution is -0.138. The van der Waals surface area contributed by atoms with Gasteiger partial charge in [0.1, 0.15) is 0 Å². The van der Waals surface area contributed by atoms with Crippen LogP contribution < -0.4 is 5.32 Å². The van der Waals surface area contributed by atoms with E-state index in [1.165, 1.54) is 0 Å². The second kappa shape index (κ2) is 9.78. The van der Waals surface area contributed by atoms with Gasteiger partial charge >= 0.3 is 0 Å². The second-order valence-electron chi connectivity index (χ2n) is 8.34. The maximum atomic E-state index is 12.8. The van der Waals surface area contributed by atoms with Gasteiger partial charge in [-0.05, 0) is 31.9 Å². The van der Waals surface area contributed by atoms with Gasteiger partial charge in [-0.3, -0.25) is 9.79 Å². The molecule has 7 nitrogen and oxygen atoms in total. The lowest BCUT2D eigenvalue weighted by atomic mass is 9.85. The first-order valence-electron chi connectivity index (χ1n) is 10.8. The minimum atomic E-state index is -0.358. The van der Waals surface area contributed by atoms with E-state index in [0.717, 1.165) is 49.4 Å². The molecule has 30 heavy (non-hydrogen) atoms. The zero-order chi connectivity index (χ0) is 21.6. The zero-order valence-corrected chi connectivity index (χ0v) is 18.6. The highest BCUT2D eigenvalue weighted by atomic mass is 16.2. The van der Waals surface area contributed by atoms with Gasteiger partial charge in [0.25, 0.3) is 0 Å². The average Bonchev–Trinajstić information content (AvgIpc) is 3.41. The summed E-state index contributed by atoms with van der Waals surface area (Å²) in [5, 5.41) is 7.86. The first-order valence-corrected chi connectivity index (χ1v) is 10.8. The lowest BCUT2D eigenvalue weighted by Crippen LogP contribution is -2.43. The summed E-state index contributed by atoms with van der Waals surface area (Å²) in [5.74, 6) is 1.02. The van der Waals surface area contributed by atoms with Crippen molar-refractivity contribution < 1.29 is 4.79 Å². The Bertz CT molecular complexity index is 852. The van der Waals surface area contributed by atoms with Gasteiger partial charge in [-0.25, -0.2) is 4.68 Å². The molecule has 2 aromatic rings. The molecule has 1 aromatic carbocycles. The summed E-state index contributed by atoms with van der Waals surface area (Å²) in [6.45, 7) is 4.06. The first kappa shape index (κ1) is 21.9. The number of carbonyl (C=O) groups excluding carboxylic acids is 1. The van der Waals surface area contributed by atoms with Crippen molar-refractivity contribution in [2.75, 3.05) is 34.2 Å². The Hall–Kier alpha value is -2.83. The van der Waals surface area contributed by atoms with Gasteiger partial charge in [-0.1, -0.05) is 31.0 Å². The molecular weight excluding hydrogens is 376 g/mol. The molecule has 1 saturated carbocycles. The van der Waals surface area contributed by atoms with Crippen LogP contribution in [0.15, 0.2) is 47.7 Å². The molecule has 0 atom stereocenters. The van der Waals surface area contributed by atoms with E-state index in [-0.39, 0.29) is 11.3 Å². The Morgan fingerprint density at radius 1 is 1.20 bits per heavy atom. The van der Waals surface area contributed by atoms with Crippen LogP contribution in [0, 0.1) is 5.41 Å². The highest BCUT2D eigenvalue weighted by Crippen LogP contribution is 2.39. The summed E-state index contributed by atoms with van der Waals surface area (Å²) in [5.41, 5.74) is 1.78. The topological polar surface area (TPSA) is 65.8 Å². The van der Waals surface area contributed by atoms with E-state index in [2.05, 4.69) is 22.2 Å². The predicted octanol–water partition coefficient (Wildman–Crippen LogP) is 2.92. The quantitative estimate of drug-likeness (QED) is 0.563. The molecule has 1 aromatic heterocycles. The number of para-hydroxylation sites is 1. The maximum Gasteiger partial charge on any atom is 0.230 e. The Morgan fingerprint density at radius 3 is 2.53 bits per heavy atom. The average molecular weight is 411 g/mol. The summed E-state index contributed by atoms with van der Waals surface area (Å²) in [7, 11) is 5.71. The monoisotopic (exact) mass is 410 g/mol. The molecule has 0 spiro atoms. The van der Waals surface area contributed by atoms with Crippen LogP contribution in [0.2, 0.25) is 0 Å². The smallest absolute Gasteiger partial charge is 0.230 e. The Kier molecular flexibility index (Phi) is 7.13. The fourth-order valence-electron chi connectivity index (χ4n) is 4.17. The third kappa shape index (κ3) is 5.01. The normalized spacial score (nSPS) is 15.8. The second-order valence-corrected chi connectivity index (χ2v) is 8.34. The van der Waals surface area contributed by atoms with Crippen molar-refractivity contribution in [3.8, 4) is 5.69 Å². The van der Waals surface area contributed by atoms with E-state index in [4.69, 9.17) is 4.99 Å². The number of carbonyl (C=O) groups is 1. The number of guanidine groups is 1. The molecule has 1 fully saturated rings. The molecule has 1 heterocycles. The van der Waals surface area contributed by atoms with Crippen molar-refractivity contribution in [2.24, 2.45) is 10.4 Å². The largest absolute Gasteiger partial charge is 0.357 e. The first-order chi connectivity index (χ1) is 14.4. The molecule has 0 bridgehead atoms. The van der Waals surface area contributed by atoms with E-state index < -0.39 is 0 Å². The molecule has 1 N–H and O–H groups in total. The van der Waals surface area contributed by atoms with E-state index in [1.807, 2.05) is 68.6 Å². The van der Waals surface area contributed by atoms with Crippen molar-refractivity contribution in [3.05, 3.63) is 48.3 Å². The molecule has 0 saturated heterocycles. The van der Waals surface area contributed by atoms with Crippen LogP contribution >= 0.6 is 0 Å². The van der Waals surface area contributed by atoms with Crippen molar-refractivity contribution in [1.29, 1.82) is 0 Å². The molecule has 0 radical (unpaired) electrons. The van der Waals surface area contributed by atoms with Crippen LogP contribution in [0.3, 0.4) is 0 Å². The van der Waals surface area contributed by atoms with Gasteiger partial charge in [0.05, 0.1) is 23.8 Å². The van der Waals surface area contributed by atoms with Crippen LogP contribution in [-0.4, -0.2) is 65.7 Å². The third-order valence-electron chi connectivity index (χ3n) is 5.73. The molecule has 162 valence electrons. The molecular formula is C23H34N6O. The Labute approximate surface area is 179 Å². The number of benzene rings is 1. The standard InChI is InChI=1S/C23H34N6O/c1-5-24-22(25-18-23(13-9-10-14-23)21(30)27(2)3)28(4)16-19-15-26-29(17-19)20-11-7-6-8-12-20/h6-8,11-12,15,17H,5,9-10,13-14,16,18H2,1-4H3,(H,24,25). The number of nitrogens with one attached hydrogen (secondary N) is 1. The molecule has 0 unspecified atom stereocenters.